The summed E-state index contributed by atoms with van der Waals surface area (Å²) in [6, 6.07) is 0. The summed E-state index contributed by atoms with van der Waals surface area (Å²) in [6.07, 6.45) is 6.15. The van der Waals surface area contributed by atoms with Gasteiger partial charge in [0.05, 0.1) is 17.4 Å². The van der Waals surface area contributed by atoms with E-state index in [1.807, 2.05) is 4.90 Å². The molecule has 0 aromatic rings. The van der Waals surface area contributed by atoms with Crippen LogP contribution in [0.25, 0.3) is 0 Å². The lowest BCUT2D eigenvalue weighted by Crippen LogP contribution is -2.37. The summed E-state index contributed by atoms with van der Waals surface area (Å²) in [4.78, 5) is 14.4. The Morgan fingerprint density at radius 2 is 1.90 bits per heavy atom. The molecule has 0 N–H and O–H groups in total. The van der Waals surface area contributed by atoms with E-state index < -0.39 is 9.84 Å². The molecule has 2 heterocycles. The van der Waals surface area contributed by atoms with Gasteiger partial charge in [0.15, 0.2) is 9.84 Å². The van der Waals surface area contributed by atoms with Crippen molar-refractivity contribution >= 4 is 15.7 Å². The number of nitrogens with zero attached hydrogens (tertiary/aromatic N) is 1. The smallest absolute Gasteiger partial charge is 0.226 e. The van der Waals surface area contributed by atoms with E-state index in [-0.39, 0.29) is 23.3 Å². The zero-order valence-corrected chi connectivity index (χ0v) is 13.5. The minimum Gasteiger partial charge on any atom is -0.342 e. The SMILES string of the molecule is CCC1(CC)CCCN(C(=O)C2CCS(=O)(=O)C2)CC1. The number of amides is 1. The second-order valence-electron chi connectivity index (χ2n) is 6.49. The summed E-state index contributed by atoms with van der Waals surface area (Å²) in [5.41, 5.74) is 0.386. The lowest BCUT2D eigenvalue weighted by molar-refractivity contribution is -0.134. The van der Waals surface area contributed by atoms with Crippen molar-refractivity contribution in [3.8, 4) is 0 Å². The number of likely N-dealkylation sites (tertiary alicyclic amines) is 1. The summed E-state index contributed by atoms with van der Waals surface area (Å²) in [5, 5.41) is 0. The summed E-state index contributed by atoms with van der Waals surface area (Å²) in [7, 11) is -2.97. The summed E-state index contributed by atoms with van der Waals surface area (Å²) in [5.74, 6) is 0.0463. The molecule has 2 aliphatic heterocycles. The monoisotopic (exact) mass is 301 g/mol. The van der Waals surface area contributed by atoms with Crippen molar-refractivity contribution in [2.75, 3.05) is 24.6 Å². The standard InChI is InChI=1S/C15H27NO3S/c1-3-15(4-2)7-5-9-16(10-8-15)14(17)13-6-11-20(18,19)12-13/h13H,3-12H2,1-2H3. The molecule has 1 atom stereocenters. The molecule has 0 aromatic heterocycles. The summed E-state index contributed by atoms with van der Waals surface area (Å²) in [6.45, 7) is 6.09. The quantitative estimate of drug-likeness (QED) is 0.803. The maximum Gasteiger partial charge on any atom is 0.226 e. The van der Waals surface area contributed by atoms with Gasteiger partial charge in [0.1, 0.15) is 0 Å². The van der Waals surface area contributed by atoms with Gasteiger partial charge in [0.2, 0.25) is 5.91 Å². The van der Waals surface area contributed by atoms with Gasteiger partial charge < -0.3 is 4.90 Å². The molecule has 0 saturated carbocycles. The second kappa shape index (κ2) is 6.04. The Hall–Kier alpha value is -0.580. The molecule has 0 aliphatic carbocycles. The third kappa shape index (κ3) is 3.35. The van der Waals surface area contributed by atoms with Crippen LogP contribution >= 0.6 is 0 Å². The molecule has 20 heavy (non-hydrogen) atoms. The van der Waals surface area contributed by atoms with E-state index in [4.69, 9.17) is 0 Å². The third-order valence-corrected chi connectivity index (χ3v) is 7.21. The van der Waals surface area contributed by atoms with E-state index >= 15 is 0 Å². The van der Waals surface area contributed by atoms with E-state index in [9.17, 15) is 13.2 Å². The maximum absolute atomic E-state index is 12.5. The molecule has 0 bridgehead atoms. The number of carbonyl (C=O) groups is 1. The van der Waals surface area contributed by atoms with Crippen molar-refractivity contribution < 1.29 is 13.2 Å². The van der Waals surface area contributed by atoms with Gasteiger partial charge in [-0.1, -0.05) is 26.7 Å². The molecular weight excluding hydrogens is 274 g/mol. The van der Waals surface area contributed by atoms with Gasteiger partial charge in [0.25, 0.3) is 0 Å². The van der Waals surface area contributed by atoms with Crippen LogP contribution in [-0.4, -0.2) is 43.8 Å². The lowest BCUT2D eigenvalue weighted by atomic mass is 9.76. The fourth-order valence-corrected chi connectivity index (χ4v) is 5.41. The molecule has 5 heteroatoms. The highest BCUT2D eigenvalue weighted by atomic mass is 32.2. The van der Waals surface area contributed by atoms with Crippen molar-refractivity contribution in [3.05, 3.63) is 0 Å². The predicted octanol–water partition coefficient (Wildman–Crippen LogP) is 2.24. The molecule has 0 aromatic carbocycles. The number of sulfone groups is 1. The van der Waals surface area contributed by atoms with E-state index in [0.717, 1.165) is 25.9 Å². The van der Waals surface area contributed by atoms with Gasteiger partial charge in [-0.15, -0.1) is 0 Å². The van der Waals surface area contributed by atoms with Crippen LogP contribution in [0.2, 0.25) is 0 Å². The highest BCUT2D eigenvalue weighted by Crippen LogP contribution is 2.38. The lowest BCUT2D eigenvalue weighted by Gasteiger charge is -2.30. The molecule has 2 rings (SSSR count). The Labute approximate surface area is 122 Å². The van der Waals surface area contributed by atoms with E-state index in [2.05, 4.69) is 13.8 Å². The first-order valence-electron chi connectivity index (χ1n) is 7.90. The Bertz CT molecular complexity index is 454. The van der Waals surface area contributed by atoms with Crippen molar-refractivity contribution in [2.24, 2.45) is 11.3 Å². The molecule has 2 aliphatic rings. The number of hydrogen-bond acceptors (Lipinski definition) is 3. The summed E-state index contributed by atoms with van der Waals surface area (Å²) < 4.78 is 23.0. The average molecular weight is 301 g/mol. The average Bonchev–Trinajstić information content (AvgIpc) is 2.67. The Balaban J connectivity index is 1.99. The second-order valence-corrected chi connectivity index (χ2v) is 8.71. The van der Waals surface area contributed by atoms with Gasteiger partial charge in [-0.05, 0) is 31.1 Å². The van der Waals surface area contributed by atoms with Crippen LogP contribution in [0.5, 0.6) is 0 Å². The van der Waals surface area contributed by atoms with Gasteiger partial charge in [-0.25, -0.2) is 8.42 Å². The van der Waals surface area contributed by atoms with Gasteiger partial charge in [0, 0.05) is 13.1 Å². The number of rotatable bonds is 3. The van der Waals surface area contributed by atoms with Crippen LogP contribution in [-0.2, 0) is 14.6 Å². The minimum atomic E-state index is -2.97. The van der Waals surface area contributed by atoms with E-state index in [1.165, 1.54) is 19.3 Å². The van der Waals surface area contributed by atoms with Crippen LogP contribution < -0.4 is 0 Å². The van der Waals surface area contributed by atoms with Gasteiger partial charge in [-0.3, -0.25) is 4.79 Å². The maximum atomic E-state index is 12.5. The first-order valence-corrected chi connectivity index (χ1v) is 9.73. The fraction of sp³-hybridized carbons (Fsp3) is 0.933. The topological polar surface area (TPSA) is 54.5 Å². The van der Waals surface area contributed by atoms with Crippen LogP contribution in [0.4, 0.5) is 0 Å². The van der Waals surface area contributed by atoms with Crippen molar-refractivity contribution in [1.29, 1.82) is 0 Å². The first kappa shape index (κ1) is 15.8. The van der Waals surface area contributed by atoms with E-state index in [1.54, 1.807) is 0 Å². The van der Waals surface area contributed by atoms with Crippen LogP contribution in [0.15, 0.2) is 0 Å². The van der Waals surface area contributed by atoms with Crippen LogP contribution in [0, 0.1) is 11.3 Å². The van der Waals surface area contributed by atoms with E-state index in [0.29, 0.717) is 11.8 Å². The zero-order valence-electron chi connectivity index (χ0n) is 12.7. The highest BCUT2D eigenvalue weighted by Gasteiger charge is 2.37. The van der Waals surface area contributed by atoms with Crippen LogP contribution in [0.1, 0.15) is 52.4 Å². The van der Waals surface area contributed by atoms with Gasteiger partial charge in [-0.2, -0.15) is 0 Å². The van der Waals surface area contributed by atoms with Gasteiger partial charge >= 0.3 is 0 Å². The molecule has 0 spiro atoms. The largest absolute Gasteiger partial charge is 0.342 e. The minimum absolute atomic E-state index is 0.0645. The Morgan fingerprint density at radius 3 is 2.45 bits per heavy atom. The Kier molecular flexibility index (Phi) is 4.77. The molecule has 2 fully saturated rings. The zero-order chi connectivity index (χ0) is 14.8. The molecule has 2 saturated heterocycles. The van der Waals surface area contributed by atoms with Crippen molar-refractivity contribution in [2.45, 2.75) is 52.4 Å². The van der Waals surface area contributed by atoms with Crippen LogP contribution in [0.3, 0.4) is 0 Å². The Morgan fingerprint density at radius 1 is 1.20 bits per heavy atom. The molecule has 1 unspecified atom stereocenters. The molecule has 0 radical (unpaired) electrons. The molecular formula is C15H27NO3S. The first-order chi connectivity index (χ1) is 9.41. The third-order valence-electron chi connectivity index (χ3n) is 5.44. The number of hydrogen-bond donors (Lipinski definition) is 0. The van der Waals surface area contributed by atoms with Crippen molar-refractivity contribution in [3.63, 3.8) is 0 Å². The molecule has 1 amide bonds. The fourth-order valence-electron chi connectivity index (χ4n) is 3.68. The molecule has 116 valence electrons. The molecule has 4 nitrogen and oxygen atoms in total. The predicted molar refractivity (Wildman–Crippen MR) is 80.2 cm³/mol. The summed E-state index contributed by atoms with van der Waals surface area (Å²) >= 11 is 0. The van der Waals surface area contributed by atoms with Crippen molar-refractivity contribution in [1.82, 2.24) is 4.90 Å². The number of carbonyl (C=O) groups excluding carboxylic acids is 1. The normalized spacial score (nSPS) is 29.1. The highest BCUT2D eigenvalue weighted by molar-refractivity contribution is 7.91.